The number of benzene rings is 1. The van der Waals surface area contributed by atoms with Crippen LogP contribution in [0.5, 0.6) is 11.5 Å². The molecule has 0 spiro atoms. The number of nitrogens with one attached hydrogen (secondary N) is 1. The van der Waals surface area contributed by atoms with Crippen LogP contribution in [0.2, 0.25) is 0 Å². The van der Waals surface area contributed by atoms with E-state index in [4.69, 9.17) is 4.74 Å². The first-order valence-electron chi connectivity index (χ1n) is 6.46. The van der Waals surface area contributed by atoms with Crippen LogP contribution in [0.4, 0.5) is 0 Å². The maximum Gasteiger partial charge on any atom is 0.120 e. The van der Waals surface area contributed by atoms with Gasteiger partial charge in [0.15, 0.2) is 0 Å². The zero-order valence-corrected chi connectivity index (χ0v) is 10.7. The monoisotopic (exact) mass is 251 g/mol. The fraction of sp³-hybridized carbons (Fsp3) is 0.571. The van der Waals surface area contributed by atoms with Gasteiger partial charge in [0.25, 0.3) is 0 Å². The third kappa shape index (κ3) is 3.37. The topological polar surface area (TPSA) is 61.7 Å². The summed E-state index contributed by atoms with van der Waals surface area (Å²) in [6.45, 7) is 0.598. The van der Waals surface area contributed by atoms with Crippen molar-refractivity contribution in [3.8, 4) is 11.5 Å². The summed E-state index contributed by atoms with van der Waals surface area (Å²) in [5, 5.41) is 22.8. The summed E-state index contributed by atoms with van der Waals surface area (Å²) in [4.78, 5) is 0. The maximum absolute atomic E-state index is 9.77. The molecule has 4 heteroatoms. The smallest absolute Gasteiger partial charge is 0.120 e. The highest BCUT2D eigenvalue weighted by Gasteiger charge is 2.19. The zero-order valence-electron chi connectivity index (χ0n) is 10.7. The summed E-state index contributed by atoms with van der Waals surface area (Å²) >= 11 is 0. The fourth-order valence-electron chi connectivity index (χ4n) is 2.43. The lowest BCUT2D eigenvalue weighted by atomic mass is 9.93. The first-order chi connectivity index (χ1) is 8.69. The number of aliphatic hydroxyl groups is 1. The number of aliphatic hydroxyl groups excluding tert-OH is 1. The van der Waals surface area contributed by atoms with Crippen LogP contribution in [0.25, 0.3) is 0 Å². The summed E-state index contributed by atoms with van der Waals surface area (Å²) in [7, 11) is 1.61. The molecule has 1 aromatic rings. The van der Waals surface area contributed by atoms with Crippen LogP contribution in [-0.2, 0) is 6.54 Å². The minimum atomic E-state index is -0.185. The molecule has 3 N–H and O–H groups in total. The van der Waals surface area contributed by atoms with Crippen molar-refractivity contribution in [2.75, 3.05) is 7.11 Å². The molecule has 0 bridgehead atoms. The van der Waals surface area contributed by atoms with Crippen LogP contribution in [0, 0.1) is 0 Å². The van der Waals surface area contributed by atoms with Gasteiger partial charge in [0.2, 0.25) is 0 Å². The highest BCUT2D eigenvalue weighted by molar-refractivity contribution is 5.39. The standard InChI is InChI=1S/C14H21NO3/c1-18-13-5-6-14(17)10(7-13)9-15-11-3-2-4-12(16)8-11/h5-7,11-12,15-17H,2-4,8-9H2,1H3. The predicted octanol–water partition coefficient (Wildman–Crippen LogP) is 1.79. The number of phenolic OH excluding ortho intramolecular Hbond substituents is 1. The van der Waals surface area contributed by atoms with Gasteiger partial charge < -0.3 is 20.3 Å². The van der Waals surface area contributed by atoms with Gasteiger partial charge in [-0.25, -0.2) is 0 Å². The third-order valence-corrected chi connectivity index (χ3v) is 3.51. The predicted molar refractivity (Wildman–Crippen MR) is 69.8 cm³/mol. The molecular formula is C14H21NO3. The van der Waals surface area contributed by atoms with Gasteiger partial charge in [0.1, 0.15) is 11.5 Å². The number of aromatic hydroxyl groups is 1. The number of hydrogen-bond acceptors (Lipinski definition) is 4. The largest absolute Gasteiger partial charge is 0.508 e. The lowest BCUT2D eigenvalue weighted by Crippen LogP contribution is -2.35. The van der Waals surface area contributed by atoms with E-state index in [0.717, 1.165) is 37.0 Å². The Labute approximate surface area is 108 Å². The van der Waals surface area contributed by atoms with Gasteiger partial charge in [-0.15, -0.1) is 0 Å². The Balaban J connectivity index is 1.92. The van der Waals surface area contributed by atoms with Crippen molar-refractivity contribution < 1.29 is 14.9 Å². The first kappa shape index (κ1) is 13.2. The number of hydrogen-bond donors (Lipinski definition) is 3. The quantitative estimate of drug-likeness (QED) is 0.763. The SMILES string of the molecule is COc1ccc(O)c(CNC2CCCC(O)C2)c1. The Hall–Kier alpha value is -1.26. The molecular weight excluding hydrogens is 230 g/mol. The summed E-state index contributed by atoms with van der Waals surface area (Å²) in [6, 6.07) is 5.55. The molecule has 0 saturated heterocycles. The van der Waals surface area contributed by atoms with Crippen LogP contribution in [0.15, 0.2) is 18.2 Å². The van der Waals surface area contributed by atoms with E-state index >= 15 is 0 Å². The molecule has 1 fully saturated rings. The molecule has 100 valence electrons. The second-order valence-corrected chi connectivity index (χ2v) is 4.89. The van der Waals surface area contributed by atoms with Gasteiger partial charge in [-0.05, 0) is 43.9 Å². The lowest BCUT2D eigenvalue weighted by Gasteiger charge is -2.26. The molecule has 1 saturated carbocycles. The van der Waals surface area contributed by atoms with Crippen molar-refractivity contribution >= 4 is 0 Å². The average Bonchev–Trinajstić information content (AvgIpc) is 2.38. The van der Waals surface area contributed by atoms with E-state index in [0.29, 0.717) is 12.6 Å². The Morgan fingerprint density at radius 2 is 2.22 bits per heavy atom. The molecule has 4 nitrogen and oxygen atoms in total. The molecule has 0 heterocycles. The molecule has 0 amide bonds. The lowest BCUT2D eigenvalue weighted by molar-refractivity contribution is 0.111. The second-order valence-electron chi connectivity index (χ2n) is 4.89. The van der Waals surface area contributed by atoms with E-state index in [1.165, 1.54) is 0 Å². The molecule has 1 aliphatic rings. The highest BCUT2D eigenvalue weighted by Crippen LogP contribution is 2.24. The zero-order chi connectivity index (χ0) is 13.0. The van der Waals surface area contributed by atoms with Gasteiger partial charge in [-0.1, -0.05) is 0 Å². The molecule has 0 aromatic heterocycles. The molecule has 2 rings (SSSR count). The Kier molecular flexibility index (Phi) is 4.44. The molecule has 18 heavy (non-hydrogen) atoms. The van der Waals surface area contributed by atoms with Crippen LogP contribution in [0.1, 0.15) is 31.2 Å². The van der Waals surface area contributed by atoms with Crippen molar-refractivity contribution in [2.24, 2.45) is 0 Å². The average molecular weight is 251 g/mol. The molecule has 0 aliphatic heterocycles. The minimum Gasteiger partial charge on any atom is -0.508 e. The third-order valence-electron chi connectivity index (χ3n) is 3.51. The van der Waals surface area contributed by atoms with Gasteiger partial charge in [0, 0.05) is 18.2 Å². The van der Waals surface area contributed by atoms with Gasteiger partial charge in [-0.2, -0.15) is 0 Å². The maximum atomic E-state index is 9.77. The summed E-state index contributed by atoms with van der Waals surface area (Å²) in [6.07, 6.45) is 3.66. The van der Waals surface area contributed by atoms with Crippen molar-refractivity contribution in [3.63, 3.8) is 0 Å². The normalized spacial score (nSPS) is 23.9. The van der Waals surface area contributed by atoms with E-state index in [1.54, 1.807) is 19.2 Å². The van der Waals surface area contributed by atoms with E-state index in [2.05, 4.69) is 5.32 Å². The van der Waals surface area contributed by atoms with Crippen LogP contribution >= 0.6 is 0 Å². The molecule has 1 aliphatic carbocycles. The van der Waals surface area contributed by atoms with Crippen LogP contribution in [0.3, 0.4) is 0 Å². The van der Waals surface area contributed by atoms with E-state index < -0.39 is 0 Å². The van der Waals surface area contributed by atoms with Gasteiger partial charge in [-0.3, -0.25) is 0 Å². The van der Waals surface area contributed by atoms with Gasteiger partial charge >= 0.3 is 0 Å². The number of phenols is 1. The van der Waals surface area contributed by atoms with E-state index in [-0.39, 0.29) is 11.9 Å². The first-order valence-corrected chi connectivity index (χ1v) is 6.46. The van der Waals surface area contributed by atoms with Crippen molar-refractivity contribution in [2.45, 2.75) is 44.4 Å². The summed E-state index contributed by atoms with van der Waals surface area (Å²) in [5.41, 5.74) is 0.828. The Morgan fingerprint density at radius 3 is 2.94 bits per heavy atom. The molecule has 0 radical (unpaired) electrons. The van der Waals surface area contributed by atoms with E-state index in [1.807, 2.05) is 6.07 Å². The van der Waals surface area contributed by atoms with Crippen molar-refractivity contribution in [1.29, 1.82) is 0 Å². The second kappa shape index (κ2) is 6.07. The number of ether oxygens (including phenoxy) is 1. The molecule has 1 aromatic carbocycles. The van der Waals surface area contributed by atoms with Crippen molar-refractivity contribution in [1.82, 2.24) is 5.32 Å². The number of rotatable bonds is 4. The Bertz CT molecular complexity index is 395. The summed E-state index contributed by atoms with van der Waals surface area (Å²) in [5.74, 6) is 1.02. The van der Waals surface area contributed by atoms with E-state index in [9.17, 15) is 10.2 Å². The molecule has 2 atom stereocenters. The minimum absolute atomic E-state index is 0.185. The fourth-order valence-corrected chi connectivity index (χ4v) is 2.43. The van der Waals surface area contributed by atoms with Gasteiger partial charge in [0.05, 0.1) is 13.2 Å². The van der Waals surface area contributed by atoms with Crippen LogP contribution < -0.4 is 10.1 Å². The highest BCUT2D eigenvalue weighted by atomic mass is 16.5. The Morgan fingerprint density at radius 1 is 1.39 bits per heavy atom. The molecule has 2 unspecified atom stereocenters. The summed E-state index contributed by atoms with van der Waals surface area (Å²) < 4.78 is 5.14. The number of methoxy groups -OCH3 is 1. The van der Waals surface area contributed by atoms with Crippen molar-refractivity contribution in [3.05, 3.63) is 23.8 Å². The van der Waals surface area contributed by atoms with Crippen LogP contribution in [-0.4, -0.2) is 29.5 Å².